The zero-order valence-corrected chi connectivity index (χ0v) is 11.7. The fourth-order valence-electron chi connectivity index (χ4n) is 1.88. The van der Waals surface area contributed by atoms with Crippen molar-refractivity contribution in [2.45, 2.75) is 59.0 Å². The number of hydrogen-bond donors (Lipinski definition) is 0. The van der Waals surface area contributed by atoms with Gasteiger partial charge in [-0.15, -0.1) is 0 Å². The summed E-state index contributed by atoms with van der Waals surface area (Å²) >= 11 is 0. The normalized spacial score (nSPS) is 12.2. The van der Waals surface area contributed by atoms with Gasteiger partial charge in [-0.3, -0.25) is 0 Å². The summed E-state index contributed by atoms with van der Waals surface area (Å²) in [4.78, 5) is 11.9. The number of ether oxygens (including phenoxy) is 1. The Labute approximate surface area is 110 Å². The van der Waals surface area contributed by atoms with E-state index in [1.165, 1.54) is 12.8 Å². The number of benzene rings is 1. The molecule has 2 heteroatoms. The van der Waals surface area contributed by atoms with E-state index in [0.29, 0.717) is 5.56 Å². The van der Waals surface area contributed by atoms with Gasteiger partial charge in [0, 0.05) is 0 Å². The van der Waals surface area contributed by atoms with Crippen molar-refractivity contribution in [2.24, 2.45) is 0 Å². The number of esters is 1. The quantitative estimate of drug-likeness (QED) is 0.524. The lowest BCUT2D eigenvalue weighted by atomic mass is 10.1. The van der Waals surface area contributed by atoms with Crippen LogP contribution >= 0.6 is 0 Å². The van der Waals surface area contributed by atoms with E-state index in [4.69, 9.17) is 4.74 Å². The van der Waals surface area contributed by atoms with Gasteiger partial charge >= 0.3 is 5.97 Å². The molecule has 18 heavy (non-hydrogen) atoms. The lowest BCUT2D eigenvalue weighted by molar-refractivity contribution is 0.0267. The lowest BCUT2D eigenvalue weighted by Crippen LogP contribution is -2.17. The van der Waals surface area contributed by atoms with Gasteiger partial charge in [0.1, 0.15) is 6.10 Å². The van der Waals surface area contributed by atoms with Gasteiger partial charge in [0.15, 0.2) is 0 Å². The van der Waals surface area contributed by atoms with Gasteiger partial charge in [0.05, 0.1) is 5.56 Å². The summed E-state index contributed by atoms with van der Waals surface area (Å²) in [6, 6.07) is 7.54. The largest absolute Gasteiger partial charge is 0.459 e. The van der Waals surface area contributed by atoms with Crippen LogP contribution in [-0.4, -0.2) is 12.1 Å². The summed E-state index contributed by atoms with van der Waals surface area (Å²) < 4.78 is 5.53. The molecule has 1 aromatic rings. The first-order chi connectivity index (χ1) is 8.67. The predicted octanol–water partition coefficient (Wildman–Crippen LogP) is 4.51. The Hall–Kier alpha value is -1.31. The van der Waals surface area contributed by atoms with Crippen LogP contribution in [-0.2, 0) is 4.74 Å². The second kappa shape index (κ2) is 7.91. The van der Waals surface area contributed by atoms with Crippen LogP contribution in [0.3, 0.4) is 0 Å². The van der Waals surface area contributed by atoms with Crippen LogP contribution < -0.4 is 0 Å². The zero-order chi connectivity index (χ0) is 13.4. The van der Waals surface area contributed by atoms with E-state index in [1.54, 1.807) is 0 Å². The van der Waals surface area contributed by atoms with E-state index in [9.17, 15) is 4.79 Å². The van der Waals surface area contributed by atoms with Crippen LogP contribution in [0.4, 0.5) is 0 Å². The second-order valence-electron chi connectivity index (χ2n) is 4.80. The molecule has 1 atom stereocenters. The van der Waals surface area contributed by atoms with Crippen LogP contribution in [0.5, 0.6) is 0 Å². The van der Waals surface area contributed by atoms with Gasteiger partial charge in [-0.1, -0.05) is 44.4 Å². The van der Waals surface area contributed by atoms with Gasteiger partial charge in [-0.25, -0.2) is 4.79 Å². The summed E-state index contributed by atoms with van der Waals surface area (Å²) in [5.74, 6) is -0.196. The molecular weight excluding hydrogens is 224 g/mol. The first kappa shape index (κ1) is 14.7. The first-order valence-electron chi connectivity index (χ1n) is 6.95. The van der Waals surface area contributed by atoms with Crippen molar-refractivity contribution >= 4 is 5.97 Å². The minimum atomic E-state index is -0.196. The standard InChI is InChI=1S/C16H24O2/c1-4-6-7-8-15(5-2)18-16(17)14-11-9-13(3)10-12-14/h9-12,15H,4-8H2,1-3H3. The van der Waals surface area contributed by atoms with E-state index in [1.807, 2.05) is 31.2 Å². The Morgan fingerprint density at radius 3 is 2.39 bits per heavy atom. The molecule has 0 amide bonds. The Kier molecular flexibility index (Phi) is 6.48. The van der Waals surface area contributed by atoms with Crippen molar-refractivity contribution in [2.75, 3.05) is 0 Å². The maximum absolute atomic E-state index is 11.9. The number of carbonyl (C=O) groups is 1. The van der Waals surface area contributed by atoms with Crippen LogP contribution in [0, 0.1) is 6.92 Å². The van der Waals surface area contributed by atoms with Gasteiger partial charge < -0.3 is 4.74 Å². The molecule has 0 aliphatic heterocycles. The summed E-state index contributed by atoms with van der Waals surface area (Å²) in [5, 5.41) is 0. The third kappa shape index (κ3) is 4.91. The van der Waals surface area contributed by atoms with E-state index in [0.717, 1.165) is 24.8 Å². The SMILES string of the molecule is CCCCCC(CC)OC(=O)c1ccc(C)cc1. The monoisotopic (exact) mass is 248 g/mol. The van der Waals surface area contributed by atoms with Crippen molar-refractivity contribution in [1.29, 1.82) is 0 Å². The third-order valence-corrected chi connectivity index (χ3v) is 3.15. The van der Waals surface area contributed by atoms with Crippen LogP contribution in [0.2, 0.25) is 0 Å². The topological polar surface area (TPSA) is 26.3 Å². The van der Waals surface area contributed by atoms with Crippen molar-refractivity contribution < 1.29 is 9.53 Å². The molecule has 0 fully saturated rings. The number of unbranched alkanes of at least 4 members (excludes halogenated alkanes) is 2. The van der Waals surface area contributed by atoms with E-state index < -0.39 is 0 Å². The zero-order valence-electron chi connectivity index (χ0n) is 11.7. The molecule has 0 saturated carbocycles. The fraction of sp³-hybridized carbons (Fsp3) is 0.562. The summed E-state index contributed by atoms with van der Waals surface area (Å²) in [7, 11) is 0. The molecule has 0 radical (unpaired) electrons. The Morgan fingerprint density at radius 2 is 1.83 bits per heavy atom. The second-order valence-corrected chi connectivity index (χ2v) is 4.80. The van der Waals surface area contributed by atoms with E-state index in [-0.39, 0.29) is 12.1 Å². The molecule has 0 bridgehead atoms. The van der Waals surface area contributed by atoms with E-state index >= 15 is 0 Å². The molecule has 1 aromatic carbocycles. The summed E-state index contributed by atoms with van der Waals surface area (Å²) in [5.41, 5.74) is 1.80. The highest BCUT2D eigenvalue weighted by Crippen LogP contribution is 2.13. The lowest BCUT2D eigenvalue weighted by Gasteiger charge is -2.16. The predicted molar refractivity (Wildman–Crippen MR) is 74.8 cm³/mol. The minimum absolute atomic E-state index is 0.0605. The van der Waals surface area contributed by atoms with Crippen molar-refractivity contribution in [3.05, 3.63) is 35.4 Å². The highest BCUT2D eigenvalue weighted by atomic mass is 16.5. The van der Waals surface area contributed by atoms with Crippen molar-refractivity contribution in [3.63, 3.8) is 0 Å². The summed E-state index contributed by atoms with van der Waals surface area (Å²) in [6.07, 6.45) is 5.46. The molecule has 100 valence electrons. The van der Waals surface area contributed by atoms with Crippen LogP contribution in [0.25, 0.3) is 0 Å². The molecule has 0 spiro atoms. The average molecular weight is 248 g/mol. The van der Waals surface area contributed by atoms with Gasteiger partial charge in [0.25, 0.3) is 0 Å². The number of hydrogen-bond acceptors (Lipinski definition) is 2. The van der Waals surface area contributed by atoms with Crippen LogP contribution in [0.15, 0.2) is 24.3 Å². The van der Waals surface area contributed by atoms with Gasteiger partial charge in [-0.2, -0.15) is 0 Å². The fourth-order valence-corrected chi connectivity index (χ4v) is 1.88. The maximum Gasteiger partial charge on any atom is 0.338 e. The van der Waals surface area contributed by atoms with Gasteiger partial charge in [-0.05, 0) is 38.3 Å². The molecule has 0 heterocycles. The molecule has 0 aromatic heterocycles. The third-order valence-electron chi connectivity index (χ3n) is 3.15. The molecule has 2 nitrogen and oxygen atoms in total. The Morgan fingerprint density at radius 1 is 1.17 bits per heavy atom. The Balaban J connectivity index is 2.48. The number of carbonyl (C=O) groups excluding carboxylic acids is 1. The molecule has 0 N–H and O–H groups in total. The molecule has 0 aliphatic rings. The van der Waals surface area contributed by atoms with Crippen molar-refractivity contribution in [3.8, 4) is 0 Å². The highest BCUT2D eigenvalue weighted by Gasteiger charge is 2.13. The molecule has 1 unspecified atom stereocenters. The number of rotatable bonds is 7. The molecule has 0 aliphatic carbocycles. The molecule has 0 saturated heterocycles. The minimum Gasteiger partial charge on any atom is -0.459 e. The first-order valence-corrected chi connectivity index (χ1v) is 6.95. The number of aryl methyl sites for hydroxylation is 1. The Bertz CT molecular complexity index is 354. The molecule has 1 rings (SSSR count). The summed E-state index contributed by atoms with van der Waals surface area (Å²) in [6.45, 7) is 6.26. The molecular formula is C16H24O2. The average Bonchev–Trinajstić information content (AvgIpc) is 2.38. The highest BCUT2D eigenvalue weighted by molar-refractivity contribution is 5.89. The van der Waals surface area contributed by atoms with E-state index in [2.05, 4.69) is 13.8 Å². The smallest absolute Gasteiger partial charge is 0.338 e. The van der Waals surface area contributed by atoms with Crippen LogP contribution in [0.1, 0.15) is 61.9 Å². The maximum atomic E-state index is 11.9. The van der Waals surface area contributed by atoms with Crippen molar-refractivity contribution in [1.82, 2.24) is 0 Å². The van der Waals surface area contributed by atoms with Gasteiger partial charge in [0.2, 0.25) is 0 Å².